The maximum Gasteiger partial charge on any atom is 0.0687 e. The molecule has 1 heterocycles. The van der Waals surface area contributed by atoms with Gasteiger partial charge >= 0.3 is 0 Å². The summed E-state index contributed by atoms with van der Waals surface area (Å²) in [5, 5.41) is 18.3. The van der Waals surface area contributed by atoms with Crippen LogP contribution < -0.4 is 5.32 Å². The minimum atomic E-state index is -0.685. The van der Waals surface area contributed by atoms with Crippen molar-refractivity contribution in [2.45, 2.75) is 65.0 Å². The van der Waals surface area contributed by atoms with Crippen LogP contribution in [0.5, 0.6) is 0 Å². The highest BCUT2D eigenvalue weighted by Crippen LogP contribution is 2.17. The van der Waals surface area contributed by atoms with Crippen LogP contribution in [0.1, 0.15) is 58.7 Å². The van der Waals surface area contributed by atoms with Crippen molar-refractivity contribution in [3.63, 3.8) is 0 Å². The molecule has 0 saturated heterocycles. The maximum absolute atomic E-state index is 10.4. The van der Waals surface area contributed by atoms with Gasteiger partial charge in [-0.3, -0.25) is 4.68 Å². The quantitative estimate of drug-likeness (QED) is 0.676. The van der Waals surface area contributed by atoms with E-state index in [1.807, 2.05) is 23.9 Å². The molecule has 2 N–H and O–H groups in total. The van der Waals surface area contributed by atoms with Gasteiger partial charge in [0.15, 0.2) is 0 Å². The van der Waals surface area contributed by atoms with Crippen molar-refractivity contribution in [1.29, 1.82) is 0 Å². The zero-order chi connectivity index (χ0) is 14.3. The van der Waals surface area contributed by atoms with Crippen molar-refractivity contribution in [2.24, 2.45) is 0 Å². The Labute approximate surface area is 117 Å². The minimum Gasteiger partial charge on any atom is -0.390 e. The van der Waals surface area contributed by atoms with E-state index in [1.165, 1.54) is 0 Å². The Morgan fingerprint density at radius 3 is 2.79 bits per heavy atom. The smallest absolute Gasteiger partial charge is 0.0687 e. The first-order valence-corrected chi connectivity index (χ1v) is 7.45. The molecule has 0 amide bonds. The highest BCUT2D eigenvalue weighted by Gasteiger charge is 2.22. The van der Waals surface area contributed by atoms with Crippen LogP contribution in [-0.4, -0.2) is 33.6 Å². The van der Waals surface area contributed by atoms with Gasteiger partial charge in [0.25, 0.3) is 0 Å². The van der Waals surface area contributed by atoms with Crippen molar-refractivity contribution in [3.8, 4) is 0 Å². The molecule has 0 saturated carbocycles. The predicted molar refractivity (Wildman–Crippen MR) is 79.3 cm³/mol. The molecule has 1 rings (SSSR count). The summed E-state index contributed by atoms with van der Waals surface area (Å²) in [7, 11) is 0. The number of aromatic nitrogens is 2. The third-order valence-corrected chi connectivity index (χ3v) is 3.54. The lowest BCUT2D eigenvalue weighted by atomic mass is 9.96. The van der Waals surface area contributed by atoms with E-state index in [2.05, 4.69) is 31.2 Å². The Morgan fingerprint density at radius 2 is 2.16 bits per heavy atom. The molecule has 0 spiro atoms. The molecule has 110 valence electrons. The van der Waals surface area contributed by atoms with Crippen LogP contribution in [-0.2, 0) is 6.42 Å². The molecule has 1 aromatic heterocycles. The van der Waals surface area contributed by atoms with Gasteiger partial charge in [0.2, 0.25) is 0 Å². The molecule has 0 fully saturated rings. The standard InChI is InChI=1S/C15H29N3O/c1-5-9-16-10-8-15(4,19)12-14-7-11-18(17-14)13(3)6-2/h7,11,13,16,19H,5-6,8-10,12H2,1-4H3. The molecular weight excluding hydrogens is 238 g/mol. The Morgan fingerprint density at radius 1 is 1.42 bits per heavy atom. The van der Waals surface area contributed by atoms with Crippen molar-refractivity contribution in [3.05, 3.63) is 18.0 Å². The number of rotatable bonds is 9. The topological polar surface area (TPSA) is 50.1 Å². The maximum atomic E-state index is 10.4. The fourth-order valence-electron chi connectivity index (χ4n) is 2.04. The van der Waals surface area contributed by atoms with Crippen molar-refractivity contribution in [1.82, 2.24) is 15.1 Å². The lowest BCUT2D eigenvalue weighted by Crippen LogP contribution is -2.32. The Kier molecular flexibility index (Phi) is 6.52. The normalized spacial score (nSPS) is 16.3. The summed E-state index contributed by atoms with van der Waals surface area (Å²) in [4.78, 5) is 0. The molecule has 0 radical (unpaired) electrons. The average molecular weight is 267 g/mol. The lowest BCUT2D eigenvalue weighted by molar-refractivity contribution is 0.0504. The number of nitrogens with one attached hydrogen (secondary N) is 1. The molecule has 19 heavy (non-hydrogen) atoms. The van der Waals surface area contributed by atoms with Gasteiger partial charge in [0.05, 0.1) is 11.3 Å². The van der Waals surface area contributed by atoms with E-state index in [1.54, 1.807) is 0 Å². The third kappa shape index (κ3) is 5.74. The van der Waals surface area contributed by atoms with Crippen molar-refractivity contribution >= 4 is 0 Å². The number of hydrogen-bond donors (Lipinski definition) is 2. The first-order chi connectivity index (χ1) is 8.98. The molecule has 1 aromatic rings. The lowest BCUT2D eigenvalue weighted by Gasteiger charge is -2.22. The molecular formula is C15H29N3O. The molecule has 2 unspecified atom stereocenters. The Hall–Kier alpha value is -0.870. The molecule has 0 aromatic carbocycles. The number of nitrogens with zero attached hydrogens (tertiary/aromatic N) is 2. The van der Waals surface area contributed by atoms with Gasteiger partial charge in [-0.25, -0.2) is 0 Å². The van der Waals surface area contributed by atoms with Crippen LogP contribution in [0.25, 0.3) is 0 Å². The van der Waals surface area contributed by atoms with Gasteiger partial charge < -0.3 is 10.4 Å². The van der Waals surface area contributed by atoms with Crippen molar-refractivity contribution < 1.29 is 5.11 Å². The highest BCUT2D eigenvalue weighted by molar-refractivity contribution is 5.03. The van der Waals surface area contributed by atoms with Crippen LogP contribution >= 0.6 is 0 Å². The van der Waals surface area contributed by atoms with E-state index >= 15 is 0 Å². The van der Waals surface area contributed by atoms with Gasteiger partial charge in [-0.05, 0) is 52.3 Å². The SMILES string of the molecule is CCCNCCC(C)(O)Cc1ccn(C(C)CC)n1. The van der Waals surface area contributed by atoms with E-state index in [9.17, 15) is 5.11 Å². The van der Waals surface area contributed by atoms with Gasteiger partial charge in [-0.15, -0.1) is 0 Å². The van der Waals surface area contributed by atoms with E-state index < -0.39 is 5.60 Å². The van der Waals surface area contributed by atoms with Crippen LogP contribution in [0, 0.1) is 0 Å². The van der Waals surface area contributed by atoms with Crippen LogP contribution in [0.15, 0.2) is 12.3 Å². The number of aliphatic hydroxyl groups is 1. The Bertz CT molecular complexity index is 360. The van der Waals surface area contributed by atoms with E-state index in [0.717, 1.165) is 38.0 Å². The second kappa shape index (κ2) is 7.65. The van der Waals surface area contributed by atoms with Crippen LogP contribution in [0.3, 0.4) is 0 Å². The van der Waals surface area contributed by atoms with E-state index in [0.29, 0.717) is 12.5 Å². The summed E-state index contributed by atoms with van der Waals surface area (Å²) < 4.78 is 1.99. The molecule has 0 aliphatic heterocycles. The molecule has 2 atom stereocenters. The van der Waals surface area contributed by atoms with Gasteiger partial charge in [-0.1, -0.05) is 13.8 Å². The largest absolute Gasteiger partial charge is 0.390 e. The summed E-state index contributed by atoms with van der Waals surface area (Å²) in [5.41, 5.74) is 0.288. The number of hydrogen-bond acceptors (Lipinski definition) is 3. The van der Waals surface area contributed by atoms with Gasteiger partial charge in [0.1, 0.15) is 0 Å². The zero-order valence-electron chi connectivity index (χ0n) is 12.8. The fourth-order valence-corrected chi connectivity index (χ4v) is 2.04. The Balaban J connectivity index is 2.45. The molecule has 0 aliphatic carbocycles. The fraction of sp³-hybridized carbons (Fsp3) is 0.800. The van der Waals surface area contributed by atoms with Crippen molar-refractivity contribution in [2.75, 3.05) is 13.1 Å². The summed E-state index contributed by atoms with van der Waals surface area (Å²) >= 11 is 0. The van der Waals surface area contributed by atoms with E-state index in [4.69, 9.17) is 0 Å². The highest BCUT2D eigenvalue weighted by atomic mass is 16.3. The van der Waals surface area contributed by atoms with Gasteiger partial charge in [-0.2, -0.15) is 5.10 Å². The average Bonchev–Trinajstić information content (AvgIpc) is 2.81. The molecule has 4 nitrogen and oxygen atoms in total. The summed E-state index contributed by atoms with van der Waals surface area (Å²) in [5.74, 6) is 0. The summed E-state index contributed by atoms with van der Waals surface area (Å²) in [6.07, 6.45) is 5.57. The minimum absolute atomic E-state index is 0.421. The second-order valence-electron chi connectivity index (χ2n) is 5.72. The predicted octanol–water partition coefficient (Wildman–Crippen LogP) is 2.54. The molecule has 0 bridgehead atoms. The van der Waals surface area contributed by atoms with Crippen LogP contribution in [0.4, 0.5) is 0 Å². The molecule has 0 aliphatic rings. The second-order valence-corrected chi connectivity index (χ2v) is 5.72. The monoisotopic (exact) mass is 267 g/mol. The third-order valence-electron chi connectivity index (χ3n) is 3.54. The summed E-state index contributed by atoms with van der Waals surface area (Å²) in [6, 6.07) is 2.44. The summed E-state index contributed by atoms with van der Waals surface area (Å²) in [6.45, 7) is 10.2. The first kappa shape index (κ1) is 16.2. The van der Waals surface area contributed by atoms with Crippen LogP contribution in [0.2, 0.25) is 0 Å². The first-order valence-electron chi connectivity index (χ1n) is 7.45. The molecule has 4 heteroatoms. The zero-order valence-corrected chi connectivity index (χ0v) is 12.8. The van der Waals surface area contributed by atoms with Gasteiger partial charge in [0, 0.05) is 18.7 Å². The van der Waals surface area contributed by atoms with E-state index in [-0.39, 0.29) is 0 Å².